The fourth-order valence-corrected chi connectivity index (χ4v) is 3.50. The number of para-hydroxylation sites is 1. The third-order valence-corrected chi connectivity index (χ3v) is 4.88. The van der Waals surface area contributed by atoms with Crippen LogP contribution in [-0.4, -0.2) is 26.7 Å². The van der Waals surface area contributed by atoms with Crippen molar-refractivity contribution in [1.82, 2.24) is 15.0 Å². The molecule has 1 unspecified atom stereocenters. The standard InChI is InChI=1S/C22H22N4O2/c1-14-18(17-9-5-6-10-19(17)23-14)11-16-12-21(28)26-22(24-16)25-20(13-27)15-7-3-2-4-8-15/h2-10,12,20,23,27H,11,13H2,1H3,(H2,24,25,26,28). The van der Waals surface area contributed by atoms with Crippen molar-refractivity contribution in [2.45, 2.75) is 19.4 Å². The van der Waals surface area contributed by atoms with Crippen LogP contribution in [0.5, 0.6) is 0 Å². The third kappa shape index (κ3) is 3.68. The van der Waals surface area contributed by atoms with Gasteiger partial charge < -0.3 is 15.4 Å². The highest BCUT2D eigenvalue weighted by Gasteiger charge is 2.14. The molecule has 28 heavy (non-hydrogen) atoms. The van der Waals surface area contributed by atoms with Crippen LogP contribution >= 0.6 is 0 Å². The SMILES string of the molecule is Cc1[nH]c2ccccc2c1Cc1cc(=O)[nH]c(NC(CO)c2ccccc2)n1. The first-order valence-electron chi connectivity index (χ1n) is 9.23. The average molecular weight is 374 g/mol. The van der Waals surface area contributed by atoms with Gasteiger partial charge in [0.2, 0.25) is 5.95 Å². The van der Waals surface area contributed by atoms with Crippen molar-refractivity contribution < 1.29 is 5.11 Å². The number of aromatic nitrogens is 3. The monoisotopic (exact) mass is 374 g/mol. The van der Waals surface area contributed by atoms with Crippen LogP contribution < -0.4 is 10.9 Å². The Balaban J connectivity index is 1.64. The molecule has 4 aromatic rings. The molecule has 1 atom stereocenters. The van der Waals surface area contributed by atoms with E-state index in [1.165, 1.54) is 6.07 Å². The predicted molar refractivity (Wildman–Crippen MR) is 111 cm³/mol. The van der Waals surface area contributed by atoms with Gasteiger partial charge in [-0.2, -0.15) is 0 Å². The van der Waals surface area contributed by atoms with E-state index >= 15 is 0 Å². The van der Waals surface area contributed by atoms with E-state index < -0.39 is 0 Å². The normalized spacial score (nSPS) is 12.2. The Morgan fingerprint density at radius 2 is 1.82 bits per heavy atom. The second-order valence-electron chi connectivity index (χ2n) is 6.83. The molecule has 0 amide bonds. The number of aliphatic hydroxyl groups excluding tert-OH is 1. The number of aliphatic hydroxyl groups is 1. The third-order valence-electron chi connectivity index (χ3n) is 4.88. The average Bonchev–Trinajstić information content (AvgIpc) is 3.02. The minimum absolute atomic E-state index is 0.112. The second-order valence-corrected chi connectivity index (χ2v) is 6.83. The van der Waals surface area contributed by atoms with Gasteiger partial charge in [-0.15, -0.1) is 0 Å². The molecule has 2 heterocycles. The number of rotatable bonds is 6. The fourth-order valence-electron chi connectivity index (χ4n) is 3.50. The summed E-state index contributed by atoms with van der Waals surface area (Å²) in [5.74, 6) is 0.350. The number of hydrogen-bond acceptors (Lipinski definition) is 4. The van der Waals surface area contributed by atoms with Crippen molar-refractivity contribution in [1.29, 1.82) is 0 Å². The smallest absolute Gasteiger partial charge is 0.252 e. The van der Waals surface area contributed by atoms with Crippen molar-refractivity contribution in [3.63, 3.8) is 0 Å². The lowest BCUT2D eigenvalue weighted by molar-refractivity contribution is 0.276. The summed E-state index contributed by atoms with van der Waals surface area (Å²) in [6, 6.07) is 18.8. The van der Waals surface area contributed by atoms with Crippen molar-refractivity contribution in [2.75, 3.05) is 11.9 Å². The van der Waals surface area contributed by atoms with Crippen LogP contribution in [0.1, 0.15) is 28.6 Å². The quantitative estimate of drug-likeness (QED) is 0.417. The van der Waals surface area contributed by atoms with Crippen molar-refractivity contribution in [3.8, 4) is 0 Å². The van der Waals surface area contributed by atoms with Gasteiger partial charge in [0.05, 0.1) is 18.3 Å². The summed E-state index contributed by atoms with van der Waals surface area (Å²) in [6.45, 7) is 1.92. The van der Waals surface area contributed by atoms with E-state index in [-0.39, 0.29) is 18.2 Å². The van der Waals surface area contributed by atoms with Gasteiger partial charge in [0.15, 0.2) is 0 Å². The zero-order valence-corrected chi connectivity index (χ0v) is 15.6. The van der Waals surface area contributed by atoms with Crippen LogP contribution in [0.15, 0.2) is 65.5 Å². The molecule has 4 N–H and O–H groups in total. The molecule has 0 bridgehead atoms. The van der Waals surface area contributed by atoms with E-state index in [9.17, 15) is 9.90 Å². The van der Waals surface area contributed by atoms with Crippen LogP contribution in [0.4, 0.5) is 5.95 Å². The highest BCUT2D eigenvalue weighted by Crippen LogP contribution is 2.24. The summed E-state index contributed by atoms with van der Waals surface area (Å²) in [5.41, 5.74) is 4.63. The molecule has 0 fully saturated rings. The van der Waals surface area contributed by atoms with Gasteiger partial charge in [-0.05, 0) is 24.1 Å². The molecule has 0 aliphatic heterocycles. The summed E-state index contributed by atoms with van der Waals surface area (Å²) in [4.78, 5) is 22.9. The first-order chi connectivity index (χ1) is 13.6. The first kappa shape index (κ1) is 18.0. The van der Waals surface area contributed by atoms with E-state index in [0.29, 0.717) is 18.1 Å². The minimum atomic E-state index is -0.352. The number of anilines is 1. The highest BCUT2D eigenvalue weighted by atomic mass is 16.3. The topological polar surface area (TPSA) is 93.8 Å². The Morgan fingerprint density at radius 1 is 1.07 bits per heavy atom. The number of fused-ring (bicyclic) bond motifs is 1. The van der Waals surface area contributed by atoms with Crippen LogP contribution in [0.25, 0.3) is 10.9 Å². The Morgan fingerprint density at radius 3 is 2.61 bits per heavy atom. The lowest BCUT2D eigenvalue weighted by Crippen LogP contribution is -2.20. The molecule has 0 aliphatic rings. The molecule has 0 spiro atoms. The summed E-state index contributed by atoms with van der Waals surface area (Å²) < 4.78 is 0. The maximum absolute atomic E-state index is 12.2. The molecular formula is C22H22N4O2. The van der Waals surface area contributed by atoms with Gasteiger partial charge in [-0.25, -0.2) is 4.98 Å². The lowest BCUT2D eigenvalue weighted by atomic mass is 10.1. The number of aromatic amines is 2. The molecule has 0 aliphatic carbocycles. The van der Waals surface area contributed by atoms with E-state index in [4.69, 9.17) is 0 Å². The summed E-state index contributed by atoms with van der Waals surface area (Å²) >= 11 is 0. The summed E-state index contributed by atoms with van der Waals surface area (Å²) in [6.07, 6.45) is 0.545. The number of H-pyrrole nitrogens is 2. The molecule has 0 saturated carbocycles. The molecule has 0 saturated heterocycles. The molecule has 6 heteroatoms. The molecule has 6 nitrogen and oxygen atoms in total. The maximum atomic E-state index is 12.2. The number of hydrogen-bond donors (Lipinski definition) is 4. The molecule has 2 aromatic heterocycles. The largest absolute Gasteiger partial charge is 0.394 e. The van der Waals surface area contributed by atoms with Crippen molar-refractivity contribution in [3.05, 3.63) is 93.5 Å². The van der Waals surface area contributed by atoms with E-state index in [1.54, 1.807) is 0 Å². The van der Waals surface area contributed by atoms with Crippen LogP contribution in [0.3, 0.4) is 0 Å². The second kappa shape index (κ2) is 7.70. The van der Waals surface area contributed by atoms with Gasteiger partial charge >= 0.3 is 0 Å². The van der Waals surface area contributed by atoms with Gasteiger partial charge in [-0.1, -0.05) is 48.5 Å². The Bertz CT molecular complexity index is 1150. The summed E-state index contributed by atoms with van der Waals surface area (Å²) in [7, 11) is 0. The zero-order chi connectivity index (χ0) is 19.5. The van der Waals surface area contributed by atoms with Gasteiger partial charge in [0, 0.05) is 29.1 Å². The van der Waals surface area contributed by atoms with Crippen LogP contribution in [-0.2, 0) is 6.42 Å². The van der Waals surface area contributed by atoms with Crippen molar-refractivity contribution >= 4 is 16.9 Å². The number of nitrogens with one attached hydrogen (secondary N) is 3. The van der Waals surface area contributed by atoms with Gasteiger partial charge in [0.1, 0.15) is 0 Å². The number of benzene rings is 2. The molecule has 4 rings (SSSR count). The van der Waals surface area contributed by atoms with Gasteiger partial charge in [0.25, 0.3) is 5.56 Å². The molecule has 2 aromatic carbocycles. The Kier molecular flexibility index (Phi) is 4.95. The van der Waals surface area contributed by atoms with Crippen molar-refractivity contribution in [2.24, 2.45) is 0 Å². The molecular weight excluding hydrogens is 352 g/mol. The Labute approximate surface area is 162 Å². The lowest BCUT2D eigenvalue weighted by Gasteiger charge is -2.17. The minimum Gasteiger partial charge on any atom is -0.394 e. The highest BCUT2D eigenvalue weighted by molar-refractivity contribution is 5.84. The number of aryl methyl sites for hydroxylation is 1. The molecule has 0 radical (unpaired) electrons. The predicted octanol–water partition coefficient (Wildman–Crippen LogP) is 3.30. The number of nitrogens with zero attached hydrogens (tertiary/aromatic N) is 1. The zero-order valence-electron chi connectivity index (χ0n) is 15.6. The fraction of sp³-hybridized carbons (Fsp3) is 0.182. The summed E-state index contributed by atoms with van der Waals surface area (Å²) in [5, 5.41) is 14.0. The van der Waals surface area contributed by atoms with Gasteiger partial charge in [-0.3, -0.25) is 9.78 Å². The Hall–Kier alpha value is -3.38. The maximum Gasteiger partial charge on any atom is 0.252 e. The van der Waals surface area contributed by atoms with E-state index in [1.807, 2.05) is 55.5 Å². The van der Waals surface area contributed by atoms with E-state index in [2.05, 4.69) is 26.3 Å². The first-order valence-corrected chi connectivity index (χ1v) is 9.23. The van der Waals surface area contributed by atoms with Crippen LogP contribution in [0, 0.1) is 6.92 Å². The van der Waals surface area contributed by atoms with Crippen LogP contribution in [0.2, 0.25) is 0 Å². The molecule has 142 valence electrons. The van der Waals surface area contributed by atoms with E-state index in [0.717, 1.165) is 27.7 Å².